The summed E-state index contributed by atoms with van der Waals surface area (Å²) in [5.74, 6) is 0. The summed E-state index contributed by atoms with van der Waals surface area (Å²) >= 11 is 0. The number of rotatable bonds is 2. The van der Waals surface area contributed by atoms with E-state index in [2.05, 4.69) is 10.0 Å². The molecule has 0 heterocycles. The van der Waals surface area contributed by atoms with Gasteiger partial charge in [0.15, 0.2) is 0 Å². The summed E-state index contributed by atoms with van der Waals surface area (Å²) in [6.07, 6.45) is 9.71. The SMILES string of the molecule is [N-]=[N+]=NC1C=CC=CC1=Cc1ccccc1. The lowest BCUT2D eigenvalue weighted by Crippen LogP contribution is -2.03. The second-order valence-corrected chi connectivity index (χ2v) is 3.45. The Morgan fingerprint density at radius 2 is 2.00 bits per heavy atom. The van der Waals surface area contributed by atoms with E-state index in [-0.39, 0.29) is 6.04 Å². The maximum absolute atomic E-state index is 8.48. The van der Waals surface area contributed by atoms with Crippen molar-refractivity contribution in [1.29, 1.82) is 0 Å². The molecule has 3 heteroatoms. The number of allylic oxidation sites excluding steroid dienone is 2. The summed E-state index contributed by atoms with van der Waals surface area (Å²) < 4.78 is 0. The first-order valence-corrected chi connectivity index (χ1v) is 5.06. The van der Waals surface area contributed by atoms with Gasteiger partial charge >= 0.3 is 0 Å². The third-order valence-corrected chi connectivity index (χ3v) is 2.34. The second kappa shape index (κ2) is 5.01. The van der Waals surface area contributed by atoms with Gasteiger partial charge in [-0.2, -0.15) is 0 Å². The molecule has 0 saturated heterocycles. The third-order valence-electron chi connectivity index (χ3n) is 2.34. The topological polar surface area (TPSA) is 48.8 Å². The first kappa shape index (κ1) is 10.3. The van der Waals surface area contributed by atoms with E-state index < -0.39 is 0 Å². The van der Waals surface area contributed by atoms with E-state index in [1.165, 1.54) is 0 Å². The standard InChI is InChI=1S/C13H11N3/c14-16-15-13-9-5-4-8-12(13)10-11-6-2-1-3-7-11/h1-10,13H. The number of benzene rings is 1. The van der Waals surface area contributed by atoms with Crippen molar-refractivity contribution in [1.82, 2.24) is 0 Å². The summed E-state index contributed by atoms with van der Waals surface area (Å²) in [6.45, 7) is 0. The smallest absolute Gasteiger partial charge is 0.0809 e. The van der Waals surface area contributed by atoms with Gasteiger partial charge in [0, 0.05) is 4.91 Å². The molecule has 1 aromatic rings. The van der Waals surface area contributed by atoms with Crippen LogP contribution < -0.4 is 0 Å². The number of nitrogens with zero attached hydrogens (tertiary/aromatic N) is 3. The van der Waals surface area contributed by atoms with Crippen LogP contribution in [0.5, 0.6) is 0 Å². The summed E-state index contributed by atoms with van der Waals surface area (Å²) in [5, 5.41) is 3.74. The molecule has 0 saturated carbocycles. The van der Waals surface area contributed by atoms with Crippen LogP contribution in [0.2, 0.25) is 0 Å². The molecule has 1 aromatic carbocycles. The Bertz CT molecular complexity index is 491. The lowest BCUT2D eigenvalue weighted by molar-refractivity contribution is 0.962. The molecule has 0 aromatic heterocycles. The number of hydrogen-bond donors (Lipinski definition) is 0. The predicted molar refractivity (Wildman–Crippen MR) is 65.6 cm³/mol. The molecule has 2 rings (SSSR count). The first-order chi connectivity index (χ1) is 7.90. The predicted octanol–water partition coefficient (Wildman–Crippen LogP) is 3.87. The van der Waals surface area contributed by atoms with Crippen molar-refractivity contribution < 1.29 is 0 Å². The van der Waals surface area contributed by atoms with Gasteiger partial charge in [-0.25, -0.2) is 0 Å². The molecule has 1 atom stereocenters. The van der Waals surface area contributed by atoms with Crippen LogP contribution in [0.3, 0.4) is 0 Å². The van der Waals surface area contributed by atoms with Crippen molar-refractivity contribution in [3.05, 3.63) is 76.2 Å². The molecule has 0 amide bonds. The normalized spacial score (nSPS) is 20.8. The van der Waals surface area contributed by atoms with Crippen molar-refractivity contribution in [3.63, 3.8) is 0 Å². The van der Waals surface area contributed by atoms with Crippen LogP contribution in [-0.4, -0.2) is 6.04 Å². The summed E-state index contributed by atoms with van der Waals surface area (Å²) in [7, 11) is 0. The zero-order valence-corrected chi connectivity index (χ0v) is 8.69. The molecule has 1 unspecified atom stereocenters. The largest absolute Gasteiger partial charge is 0.0818 e. The van der Waals surface area contributed by atoms with Gasteiger partial charge in [0.05, 0.1) is 6.04 Å². The minimum Gasteiger partial charge on any atom is -0.0818 e. The van der Waals surface area contributed by atoms with Crippen molar-refractivity contribution in [3.8, 4) is 0 Å². The van der Waals surface area contributed by atoms with E-state index in [1.807, 2.05) is 60.7 Å². The maximum Gasteiger partial charge on any atom is 0.0809 e. The molecule has 1 aliphatic carbocycles. The molecule has 16 heavy (non-hydrogen) atoms. The molecular formula is C13H11N3. The quantitative estimate of drug-likeness (QED) is 0.403. The van der Waals surface area contributed by atoms with E-state index >= 15 is 0 Å². The van der Waals surface area contributed by atoms with Crippen LogP contribution in [0, 0.1) is 0 Å². The van der Waals surface area contributed by atoms with Gasteiger partial charge in [0.2, 0.25) is 0 Å². The minimum atomic E-state index is -0.199. The van der Waals surface area contributed by atoms with Crippen LogP contribution in [0.25, 0.3) is 16.5 Å². The van der Waals surface area contributed by atoms with Crippen molar-refractivity contribution in [2.75, 3.05) is 0 Å². The fourth-order valence-corrected chi connectivity index (χ4v) is 1.58. The Labute approximate surface area is 94.0 Å². The summed E-state index contributed by atoms with van der Waals surface area (Å²) in [6, 6.07) is 9.78. The van der Waals surface area contributed by atoms with Gasteiger partial charge in [-0.05, 0) is 16.7 Å². The van der Waals surface area contributed by atoms with E-state index in [9.17, 15) is 0 Å². The molecule has 78 valence electrons. The maximum atomic E-state index is 8.48. The Balaban J connectivity index is 2.32. The Hall–Kier alpha value is -2.25. The molecule has 0 N–H and O–H groups in total. The Kier molecular flexibility index (Phi) is 3.22. The zero-order chi connectivity index (χ0) is 11.2. The van der Waals surface area contributed by atoms with Crippen LogP contribution in [-0.2, 0) is 0 Å². The molecular weight excluding hydrogens is 198 g/mol. The minimum absolute atomic E-state index is 0.199. The van der Waals surface area contributed by atoms with E-state index in [1.54, 1.807) is 0 Å². The Morgan fingerprint density at radius 3 is 2.75 bits per heavy atom. The summed E-state index contributed by atoms with van der Waals surface area (Å²) in [4.78, 5) is 2.85. The van der Waals surface area contributed by atoms with Gasteiger partial charge in [-0.1, -0.05) is 65.8 Å². The molecule has 0 bridgehead atoms. The average molecular weight is 209 g/mol. The molecule has 0 fully saturated rings. The van der Waals surface area contributed by atoms with Crippen LogP contribution in [0.15, 0.2) is 65.3 Å². The van der Waals surface area contributed by atoms with Crippen molar-refractivity contribution in [2.45, 2.75) is 6.04 Å². The fraction of sp³-hybridized carbons (Fsp3) is 0.0769. The second-order valence-electron chi connectivity index (χ2n) is 3.45. The molecule has 0 aliphatic heterocycles. The monoisotopic (exact) mass is 209 g/mol. The molecule has 0 radical (unpaired) electrons. The van der Waals surface area contributed by atoms with Gasteiger partial charge < -0.3 is 0 Å². The van der Waals surface area contributed by atoms with Gasteiger partial charge in [0.1, 0.15) is 0 Å². The first-order valence-electron chi connectivity index (χ1n) is 5.06. The van der Waals surface area contributed by atoms with E-state index in [4.69, 9.17) is 5.53 Å². The molecule has 0 spiro atoms. The lowest BCUT2D eigenvalue weighted by atomic mass is 10.00. The highest BCUT2D eigenvalue weighted by Crippen LogP contribution is 2.18. The summed E-state index contributed by atoms with van der Waals surface area (Å²) in [5.41, 5.74) is 10.6. The van der Waals surface area contributed by atoms with Crippen LogP contribution >= 0.6 is 0 Å². The third kappa shape index (κ3) is 2.41. The lowest BCUT2D eigenvalue weighted by Gasteiger charge is -2.10. The number of hydrogen-bond acceptors (Lipinski definition) is 1. The Morgan fingerprint density at radius 1 is 1.19 bits per heavy atom. The van der Waals surface area contributed by atoms with E-state index in [0.717, 1.165) is 11.1 Å². The molecule has 1 aliphatic rings. The van der Waals surface area contributed by atoms with Crippen molar-refractivity contribution in [2.24, 2.45) is 5.11 Å². The average Bonchev–Trinajstić information content (AvgIpc) is 2.33. The van der Waals surface area contributed by atoms with Gasteiger partial charge in [0.25, 0.3) is 0 Å². The highest BCUT2D eigenvalue weighted by molar-refractivity contribution is 5.59. The highest BCUT2D eigenvalue weighted by atomic mass is 15.1. The van der Waals surface area contributed by atoms with Crippen LogP contribution in [0.4, 0.5) is 0 Å². The number of azide groups is 1. The fourth-order valence-electron chi connectivity index (χ4n) is 1.58. The molecule has 3 nitrogen and oxygen atoms in total. The van der Waals surface area contributed by atoms with Crippen LogP contribution in [0.1, 0.15) is 5.56 Å². The highest BCUT2D eigenvalue weighted by Gasteiger charge is 2.08. The van der Waals surface area contributed by atoms with Crippen molar-refractivity contribution >= 4 is 6.08 Å². The zero-order valence-electron chi connectivity index (χ0n) is 8.69. The van der Waals surface area contributed by atoms with E-state index in [0.29, 0.717) is 0 Å². The van der Waals surface area contributed by atoms with Gasteiger partial charge in [-0.3, -0.25) is 0 Å². The van der Waals surface area contributed by atoms with Gasteiger partial charge in [-0.15, -0.1) is 0 Å².